The summed E-state index contributed by atoms with van der Waals surface area (Å²) in [5.74, 6) is 0.987. The van der Waals surface area contributed by atoms with E-state index in [0.717, 1.165) is 61.3 Å². The zero-order valence-electron chi connectivity index (χ0n) is 19.3. The second kappa shape index (κ2) is 8.94. The number of hydrogen-bond acceptors (Lipinski definition) is 5. The van der Waals surface area contributed by atoms with Crippen LogP contribution in [0.2, 0.25) is 0 Å². The summed E-state index contributed by atoms with van der Waals surface area (Å²) in [6.45, 7) is 2.67. The molecule has 1 unspecified atom stereocenters. The van der Waals surface area contributed by atoms with Gasteiger partial charge in [0.05, 0.1) is 17.3 Å². The maximum atomic E-state index is 13.6. The summed E-state index contributed by atoms with van der Waals surface area (Å²) in [5.41, 5.74) is -1.98. The Bertz CT molecular complexity index is 1330. The van der Waals surface area contributed by atoms with Gasteiger partial charge >= 0.3 is 6.18 Å². The van der Waals surface area contributed by atoms with Crippen LogP contribution in [0.3, 0.4) is 0 Å². The van der Waals surface area contributed by atoms with Crippen molar-refractivity contribution in [3.8, 4) is 5.69 Å². The number of carbonyl (C=O) groups is 1. The number of para-hydroxylation sites is 1. The van der Waals surface area contributed by atoms with Crippen LogP contribution in [-0.4, -0.2) is 41.9 Å². The highest BCUT2D eigenvalue weighted by atomic mass is 19.4. The van der Waals surface area contributed by atoms with Crippen LogP contribution in [0.15, 0.2) is 35.1 Å². The molecule has 3 aromatic rings. The molecule has 0 bridgehead atoms. The number of carbonyl (C=O) groups excluding carboxylic acids is 1. The summed E-state index contributed by atoms with van der Waals surface area (Å²) in [6, 6.07) is 5.75. The number of amides is 1. The molecule has 1 atom stereocenters. The number of aryl methyl sites for hydroxylation is 2. The molecule has 8 nitrogen and oxygen atoms in total. The highest BCUT2D eigenvalue weighted by Crippen LogP contribution is 2.35. The van der Waals surface area contributed by atoms with E-state index in [1.807, 2.05) is 0 Å². The van der Waals surface area contributed by atoms with Crippen molar-refractivity contribution in [3.63, 3.8) is 0 Å². The number of nitrogens with zero attached hydrogens (tertiary/aromatic N) is 6. The summed E-state index contributed by atoms with van der Waals surface area (Å²) >= 11 is 0. The molecule has 1 aromatic carbocycles. The topological polar surface area (TPSA) is 85.9 Å². The van der Waals surface area contributed by atoms with E-state index in [4.69, 9.17) is 0 Å². The van der Waals surface area contributed by atoms with Gasteiger partial charge < -0.3 is 9.47 Å². The van der Waals surface area contributed by atoms with Crippen molar-refractivity contribution in [1.29, 1.82) is 0 Å². The van der Waals surface area contributed by atoms with Crippen molar-refractivity contribution < 1.29 is 18.0 Å². The van der Waals surface area contributed by atoms with Crippen molar-refractivity contribution in [3.05, 3.63) is 69.2 Å². The summed E-state index contributed by atoms with van der Waals surface area (Å²) in [6.07, 6.45) is 0.734. The number of fused-ring (bicyclic) bond motifs is 1. The van der Waals surface area contributed by atoms with E-state index < -0.39 is 28.8 Å². The predicted octanol–water partition coefficient (Wildman–Crippen LogP) is 3.85. The van der Waals surface area contributed by atoms with Crippen LogP contribution < -0.4 is 5.43 Å². The third kappa shape index (κ3) is 4.23. The molecule has 0 aliphatic carbocycles. The summed E-state index contributed by atoms with van der Waals surface area (Å²) in [5, 5.41) is 12.9. The molecule has 0 N–H and O–H groups in total. The van der Waals surface area contributed by atoms with E-state index >= 15 is 0 Å². The summed E-state index contributed by atoms with van der Waals surface area (Å²) in [7, 11) is 0. The maximum absolute atomic E-state index is 13.6. The van der Waals surface area contributed by atoms with E-state index in [-0.39, 0.29) is 17.4 Å². The molecule has 2 aromatic heterocycles. The van der Waals surface area contributed by atoms with E-state index in [2.05, 4.69) is 19.9 Å². The van der Waals surface area contributed by atoms with Gasteiger partial charge in [-0.25, -0.2) is 4.68 Å². The number of hydrogen-bond donors (Lipinski definition) is 0. The fourth-order valence-electron chi connectivity index (χ4n) is 5.01. The first kappa shape index (κ1) is 23.3. The lowest BCUT2D eigenvalue weighted by Crippen LogP contribution is -2.37. The molecule has 1 amide bonds. The fourth-order valence-corrected chi connectivity index (χ4v) is 5.01. The van der Waals surface area contributed by atoms with Crippen LogP contribution in [0.4, 0.5) is 13.2 Å². The molecule has 1 fully saturated rings. The lowest BCUT2D eigenvalue weighted by Gasteiger charge is -2.24. The number of rotatable bonds is 3. The maximum Gasteiger partial charge on any atom is 0.418 e. The van der Waals surface area contributed by atoms with Crippen molar-refractivity contribution in [2.75, 3.05) is 6.54 Å². The minimum absolute atomic E-state index is 0.198. The molecule has 4 heterocycles. The third-order valence-corrected chi connectivity index (χ3v) is 6.70. The number of aromatic nitrogens is 5. The Labute approximate surface area is 199 Å². The van der Waals surface area contributed by atoms with Gasteiger partial charge in [0.2, 0.25) is 5.43 Å². The molecule has 0 spiro atoms. The molecular weight excluding hydrogens is 461 g/mol. The minimum Gasteiger partial charge on any atom is -0.327 e. The van der Waals surface area contributed by atoms with Crippen LogP contribution >= 0.6 is 0 Å². The smallest absolute Gasteiger partial charge is 0.327 e. The molecule has 2 aliphatic heterocycles. The first-order chi connectivity index (χ1) is 16.8. The van der Waals surface area contributed by atoms with Gasteiger partial charge in [0.15, 0.2) is 11.5 Å². The second-order valence-corrected chi connectivity index (χ2v) is 9.02. The average Bonchev–Trinajstić information content (AvgIpc) is 3.39. The number of alkyl halides is 3. The fraction of sp³-hybridized carbons (Fsp3) is 0.458. The van der Waals surface area contributed by atoms with Crippen molar-refractivity contribution in [2.24, 2.45) is 0 Å². The van der Waals surface area contributed by atoms with Crippen LogP contribution in [-0.2, 0) is 19.1 Å². The van der Waals surface area contributed by atoms with Gasteiger partial charge in [-0.2, -0.15) is 18.3 Å². The van der Waals surface area contributed by atoms with Gasteiger partial charge in [-0.15, -0.1) is 10.2 Å². The summed E-state index contributed by atoms with van der Waals surface area (Å²) < 4.78 is 44.0. The van der Waals surface area contributed by atoms with E-state index in [1.54, 1.807) is 4.90 Å². The van der Waals surface area contributed by atoms with Crippen LogP contribution in [0.1, 0.15) is 71.5 Å². The molecular formula is C24H25F3N6O2. The lowest BCUT2D eigenvalue weighted by molar-refractivity contribution is -0.137. The number of likely N-dealkylation sites (tertiary alicyclic amines) is 1. The SMILES string of the molecule is Cc1cc(=O)c(C(=O)N2CCCC2c2nnc3n2CCCCC3)nn1-c1ccccc1C(F)(F)F. The highest BCUT2D eigenvalue weighted by molar-refractivity contribution is 5.92. The Hall–Kier alpha value is -3.50. The Morgan fingerprint density at radius 2 is 1.86 bits per heavy atom. The van der Waals surface area contributed by atoms with Gasteiger partial charge in [0.1, 0.15) is 5.82 Å². The van der Waals surface area contributed by atoms with Crippen molar-refractivity contribution in [2.45, 2.75) is 64.2 Å². The second-order valence-electron chi connectivity index (χ2n) is 9.02. The monoisotopic (exact) mass is 486 g/mol. The van der Waals surface area contributed by atoms with Crippen molar-refractivity contribution in [1.82, 2.24) is 29.4 Å². The van der Waals surface area contributed by atoms with Crippen LogP contribution in [0.25, 0.3) is 5.69 Å². The van der Waals surface area contributed by atoms with Crippen molar-refractivity contribution >= 4 is 5.91 Å². The molecule has 184 valence electrons. The molecule has 5 rings (SSSR count). The molecule has 35 heavy (non-hydrogen) atoms. The minimum atomic E-state index is -4.62. The number of benzene rings is 1. The molecule has 0 radical (unpaired) electrons. The standard InChI is InChI=1S/C24H25F3N6O2/c1-15-14-19(34)21(30-33(15)17-9-5-4-8-16(17)24(25,26)27)23(35)31-13-7-10-18(31)22-29-28-20-11-3-2-6-12-32(20)22/h4-5,8-9,14,18H,2-3,6-7,10-13H2,1H3. The summed E-state index contributed by atoms with van der Waals surface area (Å²) in [4.78, 5) is 27.9. The van der Waals surface area contributed by atoms with Gasteiger partial charge in [0, 0.05) is 31.3 Å². The van der Waals surface area contributed by atoms with E-state index in [9.17, 15) is 22.8 Å². The lowest BCUT2D eigenvalue weighted by atomic mass is 10.1. The zero-order chi connectivity index (χ0) is 24.7. The first-order valence-corrected chi connectivity index (χ1v) is 11.8. The predicted molar refractivity (Wildman–Crippen MR) is 120 cm³/mol. The highest BCUT2D eigenvalue weighted by Gasteiger charge is 2.37. The largest absolute Gasteiger partial charge is 0.418 e. The normalized spacial score (nSPS) is 18.4. The first-order valence-electron chi connectivity index (χ1n) is 11.8. The third-order valence-electron chi connectivity index (χ3n) is 6.70. The number of halogens is 3. The Morgan fingerprint density at radius 3 is 2.66 bits per heavy atom. The molecule has 1 saturated heterocycles. The quantitative estimate of drug-likeness (QED) is 0.561. The molecule has 2 aliphatic rings. The Kier molecular flexibility index (Phi) is 5.94. The van der Waals surface area contributed by atoms with Gasteiger partial charge in [0.25, 0.3) is 5.91 Å². The van der Waals surface area contributed by atoms with Crippen LogP contribution in [0.5, 0.6) is 0 Å². The van der Waals surface area contributed by atoms with E-state index in [1.165, 1.54) is 25.1 Å². The van der Waals surface area contributed by atoms with E-state index in [0.29, 0.717) is 18.8 Å². The Morgan fingerprint density at radius 1 is 1.06 bits per heavy atom. The zero-order valence-corrected chi connectivity index (χ0v) is 19.3. The average molecular weight is 486 g/mol. The van der Waals surface area contributed by atoms with Gasteiger partial charge in [-0.05, 0) is 44.7 Å². The van der Waals surface area contributed by atoms with Gasteiger partial charge in [-0.1, -0.05) is 18.6 Å². The molecule has 0 saturated carbocycles. The molecule has 11 heteroatoms. The van der Waals surface area contributed by atoms with Gasteiger partial charge in [-0.3, -0.25) is 9.59 Å². The van der Waals surface area contributed by atoms with Crippen LogP contribution in [0, 0.1) is 6.92 Å². The Balaban J connectivity index is 1.54.